The van der Waals surface area contributed by atoms with E-state index >= 15 is 0 Å². The van der Waals surface area contributed by atoms with Gasteiger partial charge in [-0.2, -0.15) is 0 Å². The van der Waals surface area contributed by atoms with Crippen LogP contribution in [0.1, 0.15) is 29.8 Å². The summed E-state index contributed by atoms with van der Waals surface area (Å²) in [6.45, 7) is 9.63. The quantitative estimate of drug-likeness (QED) is 0.542. The van der Waals surface area contributed by atoms with Gasteiger partial charge in [0.1, 0.15) is 0 Å². The van der Waals surface area contributed by atoms with Crippen molar-refractivity contribution in [1.82, 2.24) is 15.1 Å². The van der Waals surface area contributed by atoms with E-state index in [4.69, 9.17) is 9.47 Å². The Kier molecular flexibility index (Phi) is 7.07. The van der Waals surface area contributed by atoms with Crippen molar-refractivity contribution in [2.24, 2.45) is 0 Å². The summed E-state index contributed by atoms with van der Waals surface area (Å²) >= 11 is 0. The van der Waals surface area contributed by atoms with Crippen molar-refractivity contribution in [3.05, 3.63) is 65.7 Å². The highest BCUT2D eigenvalue weighted by Crippen LogP contribution is 2.29. The molecule has 4 rings (SSSR count). The number of hydrogen-bond acceptors (Lipinski definition) is 6. The van der Waals surface area contributed by atoms with Gasteiger partial charge in [0.25, 0.3) is 5.91 Å². The second-order valence-corrected chi connectivity index (χ2v) is 7.90. The molecule has 1 amide bonds. The molecule has 172 valence electrons. The number of aromatic nitrogens is 2. The fourth-order valence-electron chi connectivity index (χ4n) is 4.00. The van der Waals surface area contributed by atoms with Crippen LogP contribution in [0.4, 0.5) is 5.82 Å². The van der Waals surface area contributed by atoms with Crippen LogP contribution in [0.25, 0.3) is 11.3 Å². The van der Waals surface area contributed by atoms with E-state index in [1.807, 2.05) is 49.1 Å². The zero-order chi connectivity index (χ0) is 23.2. The molecule has 3 aromatic rings. The smallest absolute Gasteiger partial charge is 0.254 e. The summed E-state index contributed by atoms with van der Waals surface area (Å²) in [5.41, 5.74) is 3.74. The molecule has 0 bridgehead atoms. The van der Waals surface area contributed by atoms with Gasteiger partial charge < -0.3 is 19.3 Å². The predicted molar refractivity (Wildman–Crippen MR) is 129 cm³/mol. The maximum Gasteiger partial charge on any atom is 0.254 e. The number of hydrogen-bond donors (Lipinski definition) is 0. The van der Waals surface area contributed by atoms with E-state index in [9.17, 15) is 4.79 Å². The minimum Gasteiger partial charge on any atom is -0.490 e. The van der Waals surface area contributed by atoms with Gasteiger partial charge in [-0.15, -0.1) is 10.2 Å². The third-order valence-electron chi connectivity index (χ3n) is 5.75. The fourth-order valence-corrected chi connectivity index (χ4v) is 4.00. The molecule has 33 heavy (non-hydrogen) atoms. The van der Waals surface area contributed by atoms with Gasteiger partial charge in [-0.3, -0.25) is 4.79 Å². The van der Waals surface area contributed by atoms with Crippen LogP contribution in [0.3, 0.4) is 0 Å². The molecule has 7 nitrogen and oxygen atoms in total. The highest BCUT2D eigenvalue weighted by atomic mass is 16.5. The number of anilines is 1. The average Bonchev–Trinajstić information content (AvgIpc) is 2.85. The molecule has 0 N–H and O–H groups in total. The molecule has 0 unspecified atom stereocenters. The van der Waals surface area contributed by atoms with E-state index in [0.717, 1.165) is 17.1 Å². The molecular weight excluding hydrogens is 416 g/mol. The minimum atomic E-state index is -0.000337. The second kappa shape index (κ2) is 10.3. The highest BCUT2D eigenvalue weighted by Gasteiger charge is 2.24. The maximum atomic E-state index is 13.1. The number of piperazine rings is 1. The Bertz CT molecular complexity index is 1090. The van der Waals surface area contributed by atoms with Crippen LogP contribution in [-0.4, -0.2) is 60.4 Å². The van der Waals surface area contributed by atoms with Crippen LogP contribution in [0.5, 0.6) is 11.5 Å². The molecule has 0 spiro atoms. The van der Waals surface area contributed by atoms with E-state index in [1.165, 1.54) is 5.56 Å². The first-order valence-electron chi connectivity index (χ1n) is 11.4. The number of benzene rings is 2. The van der Waals surface area contributed by atoms with Crippen molar-refractivity contribution in [1.29, 1.82) is 0 Å². The molecule has 0 radical (unpaired) electrons. The summed E-state index contributed by atoms with van der Waals surface area (Å²) in [4.78, 5) is 17.1. The van der Waals surface area contributed by atoms with Crippen LogP contribution in [0, 0.1) is 6.92 Å². The first-order chi connectivity index (χ1) is 16.1. The van der Waals surface area contributed by atoms with Crippen LogP contribution < -0.4 is 14.4 Å². The molecule has 2 aromatic carbocycles. The van der Waals surface area contributed by atoms with Gasteiger partial charge in [0.05, 0.1) is 18.9 Å². The molecule has 0 saturated carbocycles. The lowest BCUT2D eigenvalue weighted by Crippen LogP contribution is -2.49. The zero-order valence-electron chi connectivity index (χ0n) is 19.5. The predicted octanol–water partition coefficient (Wildman–Crippen LogP) is 4.21. The number of aryl methyl sites for hydroxylation is 1. The molecule has 1 aliphatic rings. The average molecular weight is 447 g/mol. The Balaban J connectivity index is 1.40. The van der Waals surface area contributed by atoms with Gasteiger partial charge >= 0.3 is 0 Å². The molecule has 1 aromatic heterocycles. The largest absolute Gasteiger partial charge is 0.490 e. The Morgan fingerprint density at radius 1 is 0.879 bits per heavy atom. The van der Waals surface area contributed by atoms with Gasteiger partial charge in [0, 0.05) is 37.3 Å². The number of amides is 1. The Morgan fingerprint density at radius 2 is 1.61 bits per heavy atom. The first kappa shape index (κ1) is 22.6. The zero-order valence-corrected chi connectivity index (χ0v) is 19.5. The maximum absolute atomic E-state index is 13.1. The number of nitrogens with zero attached hydrogens (tertiary/aromatic N) is 4. The normalized spacial score (nSPS) is 13.7. The monoisotopic (exact) mass is 446 g/mol. The van der Waals surface area contributed by atoms with E-state index in [1.54, 1.807) is 12.1 Å². The topological polar surface area (TPSA) is 67.8 Å². The van der Waals surface area contributed by atoms with Crippen molar-refractivity contribution in [3.8, 4) is 22.8 Å². The van der Waals surface area contributed by atoms with E-state index in [-0.39, 0.29) is 5.91 Å². The van der Waals surface area contributed by atoms with Crippen LogP contribution in [0.15, 0.2) is 54.6 Å². The lowest BCUT2D eigenvalue weighted by molar-refractivity contribution is 0.0746. The Labute approximate surface area is 195 Å². The molecule has 0 atom stereocenters. The lowest BCUT2D eigenvalue weighted by atomic mass is 10.1. The van der Waals surface area contributed by atoms with E-state index in [2.05, 4.69) is 34.2 Å². The highest BCUT2D eigenvalue weighted by molar-refractivity contribution is 5.95. The van der Waals surface area contributed by atoms with Crippen LogP contribution in [-0.2, 0) is 0 Å². The molecule has 1 aliphatic heterocycles. The van der Waals surface area contributed by atoms with Gasteiger partial charge in [-0.1, -0.05) is 24.3 Å². The number of rotatable bonds is 7. The number of carbonyl (C=O) groups excluding carboxylic acids is 1. The van der Waals surface area contributed by atoms with Crippen molar-refractivity contribution in [2.75, 3.05) is 44.3 Å². The summed E-state index contributed by atoms with van der Waals surface area (Å²) in [6, 6.07) is 17.6. The SMILES string of the molecule is CCOc1ccc(C(=O)N2CCN(c3ccc(-c4ccccc4C)nn3)CC2)cc1OCC. The summed E-state index contributed by atoms with van der Waals surface area (Å²) in [5, 5.41) is 8.89. The van der Waals surface area contributed by atoms with Crippen molar-refractivity contribution in [2.45, 2.75) is 20.8 Å². The van der Waals surface area contributed by atoms with E-state index < -0.39 is 0 Å². The second-order valence-electron chi connectivity index (χ2n) is 7.90. The summed E-state index contributed by atoms with van der Waals surface area (Å²) < 4.78 is 11.3. The van der Waals surface area contributed by atoms with E-state index in [0.29, 0.717) is 56.5 Å². The lowest BCUT2D eigenvalue weighted by Gasteiger charge is -2.35. The Hall–Kier alpha value is -3.61. The minimum absolute atomic E-state index is 0.000337. The molecule has 7 heteroatoms. The van der Waals surface area contributed by atoms with Gasteiger partial charge in [0.15, 0.2) is 17.3 Å². The van der Waals surface area contributed by atoms with Gasteiger partial charge in [0.2, 0.25) is 0 Å². The first-order valence-corrected chi connectivity index (χ1v) is 11.4. The van der Waals surface area contributed by atoms with Crippen molar-refractivity contribution in [3.63, 3.8) is 0 Å². The third kappa shape index (κ3) is 5.08. The number of ether oxygens (including phenoxy) is 2. The molecule has 1 saturated heterocycles. The molecule has 2 heterocycles. The van der Waals surface area contributed by atoms with Gasteiger partial charge in [-0.25, -0.2) is 0 Å². The number of carbonyl (C=O) groups is 1. The molecule has 0 aliphatic carbocycles. The standard InChI is InChI=1S/C26H30N4O3/c1-4-32-23-12-10-20(18-24(23)33-5-2)26(31)30-16-14-29(15-17-30)25-13-11-22(27-28-25)21-9-7-6-8-19(21)3/h6-13,18H,4-5,14-17H2,1-3H3. The molecule has 1 fully saturated rings. The summed E-state index contributed by atoms with van der Waals surface area (Å²) in [5.74, 6) is 2.10. The van der Waals surface area contributed by atoms with Crippen molar-refractivity contribution < 1.29 is 14.3 Å². The van der Waals surface area contributed by atoms with Gasteiger partial charge in [-0.05, 0) is 56.7 Å². The summed E-state index contributed by atoms with van der Waals surface area (Å²) in [6.07, 6.45) is 0. The van der Waals surface area contributed by atoms with Crippen molar-refractivity contribution >= 4 is 11.7 Å². The van der Waals surface area contributed by atoms with Crippen LogP contribution >= 0.6 is 0 Å². The molecular formula is C26H30N4O3. The summed E-state index contributed by atoms with van der Waals surface area (Å²) in [7, 11) is 0. The third-order valence-corrected chi connectivity index (χ3v) is 5.75. The fraction of sp³-hybridized carbons (Fsp3) is 0.346. The van der Waals surface area contributed by atoms with Crippen LogP contribution in [0.2, 0.25) is 0 Å². The Morgan fingerprint density at radius 3 is 2.27 bits per heavy atom.